The van der Waals surface area contributed by atoms with E-state index in [1.54, 1.807) is 0 Å². The van der Waals surface area contributed by atoms with Gasteiger partial charge in [0.15, 0.2) is 0 Å². The first-order valence-corrected chi connectivity index (χ1v) is 6.78. The number of benzene rings is 1. The largest absolute Gasteiger partial charge is 0.342 e. The van der Waals surface area contributed by atoms with Gasteiger partial charge in [-0.05, 0) is 44.5 Å². The Morgan fingerprint density at radius 2 is 1.83 bits per heavy atom. The molecule has 0 unspecified atom stereocenters. The summed E-state index contributed by atoms with van der Waals surface area (Å²) in [6.45, 7) is 6.75. The Labute approximate surface area is 114 Å². The number of hydrogen-bond acceptors (Lipinski definition) is 2. The molecule has 0 atom stereocenters. The molecule has 4 heteroatoms. The summed E-state index contributed by atoms with van der Waals surface area (Å²) in [4.78, 5) is 13.5. The van der Waals surface area contributed by atoms with E-state index in [0.29, 0.717) is 6.54 Å². The van der Waals surface area contributed by atoms with Crippen LogP contribution >= 0.6 is 11.6 Å². The molecule has 0 aromatic heterocycles. The van der Waals surface area contributed by atoms with Gasteiger partial charge in [-0.2, -0.15) is 0 Å². The Morgan fingerprint density at radius 3 is 2.39 bits per heavy atom. The molecule has 1 aromatic carbocycles. The number of carbonyl (C=O) groups excluding carboxylic acids is 1. The van der Waals surface area contributed by atoms with Crippen LogP contribution in [0.2, 0.25) is 5.02 Å². The molecule has 1 N–H and O–H groups in total. The molecule has 0 spiro atoms. The van der Waals surface area contributed by atoms with Crippen molar-refractivity contribution in [3.8, 4) is 0 Å². The number of nitrogens with zero attached hydrogens (tertiary/aromatic N) is 1. The van der Waals surface area contributed by atoms with Crippen LogP contribution in [0.5, 0.6) is 0 Å². The van der Waals surface area contributed by atoms with E-state index in [9.17, 15) is 4.79 Å². The summed E-state index contributed by atoms with van der Waals surface area (Å²) in [5, 5.41) is 3.93. The Morgan fingerprint density at radius 1 is 1.22 bits per heavy atom. The molecular weight excluding hydrogens is 248 g/mol. The van der Waals surface area contributed by atoms with Crippen LogP contribution in [0.4, 0.5) is 0 Å². The lowest BCUT2D eigenvalue weighted by Gasteiger charge is -2.18. The van der Waals surface area contributed by atoms with E-state index in [2.05, 4.69) is 5.32 Å². The van der Waals surface area contributed by atoms with Crippen molar-refractivity contribution in [3.05, 3.63) is 34.9 Å². The molecule has 0 aliphatic heterocycles. The van der Waals surface area contributed by atoms with Crippen molar-refractivity contribution in [2.24, 2.45) is 0 Å². The van der Waals surface area contributed by atoms with Gasteiger partial charge >= 0.3 is 0 Å². The summed E-state index contributed by atoms with van der Waals surface area (Å²) in [7, 11) is 0. The van der Waals surface area contributed by atoms with Gasteiger partial charge in [0.05, 0.1) is 6.54 Å². The number of hydrogen-bond donors (Lipinski definition) is 1. The lowest BCUT2D eigenvalue weighted by atomic mass is 10.1. The van der Waals surface area contributed by atoms with Gasteiger partial charge in [-0.25, -0.2) is 0 Å². The summed E-state index contributed by atoms with van der Waals surface area (Å²) >= 11 is 5.82. The first-order valence-electron chi connectivity index (χ1n) is 6.40. The van der Waals surface area contributed by atoms with E-state index in [1.165, 1.54) is 5.56 Å². The molecule has 0 aliphatic rings. The van der Waals surface area contributed by atoms with Crippen LogP contribution in [-0.4, -0.2) is 37.0 Å². The molecule has 0 fully saturated rings. The second-order valence-electron chi connectivity index (χ2n) is 4.12. The van der Waals surface area contributed by atoms with E-state index >= 15 is 0 Å². The number of amides is 1. The standard InChI is InChI=1S/C14H21ClN2O/c1-3-17(4-2)14(18)11-16-10-9-12-5-7-13(15)8-6-12/h5-8,16H,3-4,9-11H2,1-2H3. The zero-order chi connectivity index (χ0) is 13.4. The molecular formula is C14H21ClN2O. The summed E-state index contributed by atoms with van der Waals surface area (Å²) in [6, 6.07) is 7.79. The van der Waals surface area contributed by atoms with Crippen LogP contribution in [0.25, 0.3) is 0 Å². The molecule has 0 heterocycles. The van der Waals surface area contributed by atoms with E-state index in [-0.39, 0.29) is 5.91 Å². The lowest BCUT2D eigenvalue weighted by Crippen LogP contribution is -2.38. The quantitative estimate of drug-likeness (QED) is 0.770. The van der Waals surface area contributed by atoms with Crippen LogP contribution < -0.4 is 5.32 Å². The zero-order valence-electron chi connectivity index (χ0n) is 11.1. The van der Waals surface area contributed by atoms with Crippen molar-refractivity contribution in [2.45, 2.75) is 20.3 Å². The Balaban J connectivity index is 2.22. The van der Waals surface area contributed by atoms with Gasteiger partial charge in [0, 0.05) is 18.1 Å². The van der Waals surface area contributed by atoms with Crippen molar-refractivity contribution in [2.75, 3.05) is 26.2 Å². The Hall–Kier alpha value is -1.06. The lowest BCUT2D eigenvalue weighted by molar-refractivity contribution is -0.129. The molecule has 0 radical (unpaired) electrons. The minimum Gasteiger partial charge on any atom is -0.342 e. The Kier molecular flexibility index (Phi) is 6.76. The van der Waals surface area contributed by atoms with Crippen molar-refractivity contribution in [1.29, 1.82) is 0 Å². The van der Waals surface area contributed by atoms with E-state index in [4.69, 9.17) is 11.6 Å². The van der Waals surface area contributed by atoms with E-state index in [0.717, 1.165) is 31.1 Å². The number of carbonyl (C=O) groups is 1. The normalized spacial score (nSPS) is 10.4. The van der Waals surface area contributed by atoms with Gasteiger partial charge in [0.25, 0.3) is 0 Å². The molecule has 3 nitrogen and oxygen atoms in total. The van der Waals surface area contributed by atoms with Crippen LogP contribution in [0, 0.1) is 0 Å². The molecule has 1 aromatic rings. The number of rotatable bonds is 7. The summed E-state index contributed by atoms with van der Waals surface area (Å²) in [6.07, 6.45) is 0.905. The van der Waals surface area contributed by atoms with E-state index in [1.807, 2.05) is 43.0 Å². The molecule has 0 saturated heterocycles. The molecule has 0 bridgehead atoms. The predicted octanol–water partition coefficient (Wildman–Crippen LogP) is 2.34. The first-order chi connectivity index (χ1) is 8.67. The third-order valence-electron chi connectivity index (χ3n) is 2.90. The van der Waals surface area contributed by atoms with Crippen LogP contribution in [0.15, 0.2) is 24.3 Å². The van der Waals surface area contributed by atoms with Gasteiger partial charge in [-0.15, -0.1) is 0 Å². The summed E-state index contributed by atoms with van der Waals surface area (Å²) < 4.78 is 0. The van der Waals surface area contributed by atoms with Crippen LogP contribution in [0.1, 0.15) is 19.4 Å². The summed E-state index contributed by atoms with van der Waals surface area (Å²) in [5.41, 5.74) is 1.22. The second-order valence-corrected chi connectivity index (χ2v) is 4.56. The predicted molar refractivity (Wildman–Crippen MR) is 76.0 cm³/mol. The van der Waals surface area contributed by atoms with Gasteiger partial charge in [0.1, 0.15) is 0 Å². The highest BCUT2D eigenvalue weighted by Crippen LogP contribution is 2.09. The van der Waals surface area contributed by atoms with Crippen molar-refractivity contribution < 1.29 is 4.79 Å². The summed E-state index contributed by atoms with van der Waals surface area (Å²) in [5.74, 6) is 0.163. The van der Waals surface area contributed by atoms with Crippen LogP contribution in [-0.2, 0) is 11.2 Å². The highest BCUT2D eigenvalue weighted by molar-refractivity contribution is 6.30. The molecule has 1 rings (SSSR count). The number of nitrogens with one attached hydrogen (secondary N) is 1. The van der Waals surface area contributed by atoms with Gasteiger partial charge < -0.3 is 10.2 Å². The first kappa shape index (κ1) is 15.0. The van der Waals surface area contributed by atoms with Gasteiger partial charge in [-0.3, -0.25) is 4.79 Å². The average molecular weight is 269 g/mol. The average Bonchev–Trinajstić information content (AvgIpc) is 2.38. The SMILES string of the molecule is CCN(CC)C(=O)CNCCc1ccc(Cl)cc1. The minimum absolute atomic E-state index is 0.163. The Bertz CT molecular complexity index is 361. The molecule has 18 heavy (non-hydrogen) atoms. The molecule has 0 aliphatic carbocycles. The molecule has 100 valence electrons. The fourth-order valence-electron chi connectivity index (χ4n) is 1.77. The van der Waals surface area contributed by atoms with Crippen molar-refractivity contribution in [3.63, 3.8) is 0 Å². The van der Waals surface area contributed by atoms with Crippen molar-refractivity contribution >= 4 is 17.5 Å². The maximum Gasteiger partial charge on any atom is 0.236 e. The van der Waals surface area contributed by atoms with Gasteiger partial charge in [0.2, 0.25) is 5.91 Å². The number of halogens is 1. The topological polar surface area (TPSA) is 32.3 Å². The maximum absolute atomic E-state index is 11.7. The van der Waals surface area contributed by atoms with Gasteiger partial charge in [-0.1, -0.05) is 23.7 Å². The second kappa shape index (κ2) is 8.11. The third kappa shape index (κ3) is 5.07. The van der Waals surface area contributed by atoms with Crippen molar-refractivity contribution in [1.82, 2.24) is 10.2 Å². The van der Waals surface area contributed by atoms with Crippen LogP contribution in [0.3, 0.4) is 0 Å². The smallest absolute Gasteiger partial charge is 0.236 e. The maximum atomic E-state index is 11.7. The molecule has 1 amide bonds. The highest BCUT2D eigenvalue weighted by Gasteiger charge is 2.07. The fraction of sp³-hybridized carbons (Fsp3) is 0.500. The molecule has 0 saturated carbocycles. The zero-order valence-corrected chi connectivity index (χ0v) is 11.8. The highest BCUT2D eigenvalue weighted by atomic mass is 35.5. The van der Waals surface area contributed by atoms with E-state index < -0.39 is 0 Å². The monoisotopic (exact) mass is 268 g/mol. The minimum atomic E-state index is 0.163. The third-order valence-corrected chi connectivity index (χ3v) is 3.15. The fourth-order valence-corrected chi connectivity index (χ4v) is 1.89. The number of likely N-dealkylation sites (N-methyl/N-ethyl adjacent to an activating group) is 1.